The van der Waals surface area contributed by atoms with Crippen molar-refractivity contribution in [2.24, 2.45) is 5.92 Å². The highest BCUT2D eigenvalue weighted by atomic mass is 14.3. The summed E-state index contributed by atoms with van der Waals surface area (Å²) in [5.74, 6) is 0.588. The van der Waals surface area contributed by atoms with Crippen LogP contribution in [0.2, 0.25) is 0 Å². The van der Waals surface area contributed by atoms with E-state index in [0.717, 1.165) is 12.8 Å². The maximum absolute atomic E-state index is 6.97. The Balaban J connectivity index is 2.46. The summed E-state index contributed by atoms with van der Waals surface area (Å²) in [4.78, 5) is 0. The molecule has 1 aromatic rings. The van der Waals surface area contributed by atoms with Gasteiger partial charge < -0.3 is 5.41 Å². The van der Waals surface area contributed by atoms with Crippen molar-refractivity contribution in [2.75, 3.05) is 0 Å². The first-order chi connectivity index (χ1) is 5.83. The lowest BCUT2D eigenvalue weighted by Gasteiger charge is -2.07. The molecule has 0 spiro atoms. The Labute approximate surface area is 73.9 Å². The van der Waals surface area contributed by atoms with Crippen LogP contribution in [0.4, 0.5) is 0 Å². The van der Waals surface area contributed by atoms with Gasteiger partial charge in [0.1, 0.15) is 0 Å². The number of rotatable bonds is 4. The zero-order valence-electron chi connectivity index (χ0n) is 7.46. The van der Waals surface area contributed by atoms with E-state index in [0.29, 0.717) is 5.92 Å². The third kappa shape index (κ3) is 2.87. The molecule has 0 aliphatic rings. The predicted octanol–water partition coefficient (Wildman–Crippen LogP) is 2.90. The summed E-state index contributed by atoms with van der Waals surface area (Å²) in [6.45, 7) is 2.18. The van der Waals surface area contributed by atoms with Gasteiger partial charge in [-0.25, -0.2) is 0 Å². The van der Waals surface area contributed by atoms with Gasteiger partial charge >= 0.3 is 0 Å². The molecular formula is C11H15N. The predicted molar refractivity (Wildman–Crippen MR) is 52.7 cm³/mol. The second-order valence-corrected chi connectivity index (χ2v) is 3.23. The smallest absolute Gasteiger partial charge is 0.00450 e. The van der Waals surface area contributed by atoms with Crippen molar-refractivity contribution in [3.05, 3.63) is 35.9 Å². The molecule has 1 atom stereocenters. The first-order valence-corrected chi connectivity index (χ1v) is 4.36. The molecule has 0 aliphatic heterocycles. The van der Waals surface area contributed by atoms with Crippen molar-refractivity contribution < 1.29 is 0 Å². The Morgan fingerprint density at radius 1 is 1.33 bits per heavy atom. The highest BCUT2D eigenvalue weighted by Gasteiger charge is 2.00. The molecule has 0 amide bonds. The summed E-state index contributed by atoms with van der Waals surface area (Å²) in [6, 6.07) is 10.4. The third-order valence-corrected chi connectivity index (χ3v) is 1.95. The Kier molecular flexibility index (Phi) is 3.52. The van der Waals surface area contributed by atoms with Crippen molar-refractivity contribution in [3.8, 4) is 0 Å². The van der Waals surface area contributed by atoms with Crippen molar-refractivity contribution in [2.45, 2.75) is 19.8 Å². The van der Waals surface area contributed by atoms with E-state index in [1.807, 2.05) is 6.07 Å². The van der Waals surface area contributed by atoms with Gasteiger partial charge in [0.05, 0.1) is 0 Å². The lowest BCUT2D eigenvalue weighted by atomic mass is 9.99. The molecular weight excluding hydrogens is 146 g/mol. The summed E-state index contributed by atoms with van der Waals surface area (Å²) in [5.41, 5.74) is 1.37. The van der Waals surface area contributed by atoms with E-state index in [1.54, 1.807) is 0 Å². The molecule has 0 saturated heterocycles. The van der Waals surface area contributed by atoms with Gasteiger partial charge in [0, 0.05) is 0 Å². The molecule has 1 rings (SSSR count). The van der Waals surface area contributed by atoms with Gasteiger partial charge in [-0.3, -0.25) is 0 Å². The lowest BCUT2D eigenvalue weighted by Crippen LogP contribution is -1.99. The highest BCUT2D eigenvalue weighted by molar-refractivity contribution is 5.53. The molecule has 1 unspecified atom stereocenters. The second-order valence-electron chi connectivity index (χ2n) is 3.23. The molecule has 12 heavy (non-hydrogen) atoms. The van der Waals surface area contributed by atoms with Gasteiger partial charge in [0.25, 0.3) is 0 Å². The minimum absolute atomic E-state index is 0.588. The quantitative estimate of drug-likeness (QED) is 0.656. The van der Waals surface area contributed by atoms with Crippen molar-refractivity contribution >= 4 is 6.21 Å². The summed E-state index contributed by atoms with van der Waals surface area (Å²) < 4.78 is 0. The Bertz CT molecular complexity index is 228. The van der Waals surface area contributed by atoms with Gasteiger partial charge in [0.15, 0.2) is 0 Å². The van der Waals surface area contributed by atoms with E-state index in [4.69, 9.17) is 5.41 Å². The average Bonchev–Trinajstić information content (AvgIpc) is 2.06. The van der Waals surface area contributed by atoms with Gasteiger partial charge in [-0.15, -0.1) is 0 Å². The van der Waals surface area contributed by atoms with Gasteiger partial charge in [-0.1, -0.05) is 37.3 Å². The zero-order chi connectivity index (χ0) is 8.81. The summed E-state index contributed by atoms with van der Waals surface area (Å²) in [6.07, 6.45) is 3.46. The number of hydrogen-bond acceptors (Lipinski definition) is 1. The van der Waals surface area contributed by atoms with Crippen LogP contribution in [-0.4, -0.2) is 6.21 Å². The van der Waals surface area contributed by atoms with Crippen LogP contribution in [0.25, 0.3) is 0 Å². The molecule has 0 aromatic heterocycles. The zero-order valence-corrected chi connectivity index (χ0v) is 7.46. The van der Waals surface area contributed by atoms with E-state index >= 15 is 0 Å². The summed E-state index contributed by atoms with van der Waals surface area (Å²) >= 11 is 0. The van der Waals surface area contributed by atoms with Crippen molar-refractivity contribution in [3.63, 3.8) is 0 Å². The van der Waals surface area contributed by atoms with Crippen LogP contribution in [-0.2, 0) is 6.42 Å². The monoisotopic (exact) mass is 161 g/mol. The Morgan fingerprint density at radius 3 is 2.58 bits per heavy atom. The summed E-state index contributed by atoms with van der Waals surface area (Å²) in [7, 11) is 0. The van der Waals surface area contributed by atoms with E-state index in [9.17, 15) is 0 Å². The van der Waals surface area contributed by atoms with E-state index in [1.165, 1.54) is 11.8 Å². The highest BCUT2D eigenvalue weighted by Crippen LogP contribution is 2.09. The SMILES string of the molecule is CC(CC=N)Cc1ccccc1. The average molecular weight is 161 g/mol. The first-order valence-electron chi connectivity index (χ1n) is 4.36. The van der Waals surface area contributed by atoms with Gasteiger partial charge in [0.2, 0.25) is 0 Å². The number of hydrogen-bond donors (Lipinski definition) is 1. The van der Waals surface area contributed by atoms with Crippen LogP contribution in [0.1, 0.15) is 18.9 Å². The van der Waals surface area contributed by atoms with Crippen LogP contribution in [0, 0.1) is 11.3 Å². The van der Waals surface area contributed by atoms with Crippen LogP contribution in [0.3, 0.4) is 0 Å². The molecule has 0 heterocycles. The first kappa shape index (κ1) is 8.98. The molecule has 1 nitrogen and oxygen atoms in total. The topological polar surface area (TPSA) is 23.9 Å². The maximum Gasteiger partial charge on any atom is -0.00450 e. The van der Waals surface area contributed by atoms with Gasteiger partial charge in [-0.2, -0.15) is 0 Å². The standard InChI is InChI=1S/C11H15N/c1-10(7-8-12)9-11-5-3-2-4-6-11/h2-6,8,10,12H,7,9H2,1H3. The molecule has 1 N–H and O–H groups in total. The van der Waals surface area contributed by atoms with Crippen molar-refractivity contribution in [1.29, 1.82) is 5.41 Å². The van der Waals surface area contributed by atoms with Gasteiger partial charge in [-0.05, 0) is 30.5 Å². The number of nitrogens with one attached hydrogen (secondary N) is 1. The van der Waals surface area contributed by atoms with Crippen molar-refractivity contribution in [1.82, 2.24) is 0 Å². The fourth-order valence-corrected chi connectivity index (χ4v) is 1.30. The fraction of sp³-hybridized carbons (Fsp3) is 0.364. The summed E-state index contributed by atoms with van der Waals surface area (Å²) in [5, 5.41) is 6.97. The van der Waals surface area contributed by atoms with Crippen LogP contribution >= 0.6 is 0 Å². The third-order valence-electron chi connectivity index (χ3n) is 1.95. The van der Waals surface area contributed by atoms with E-state index in [-0.39, 0.29) is 0 Å². The van der Waals surface area contributed by atoms with Crippen LogP contribution in [0.15, 0.2) is 30.3 Å². The van der Waals surface area contributed by atoms with Crippen LogP contribution in [0.5, 0.6) is 0 Å². The Hall–Kier alpha value is -1.11. The normalized spacial score (nSPS) is 12.4. The molecule has 64 valence electrons. The number of benzene rings is 1. The lowest BCUT2D eigenvalue weighted by molar-refractivity contribution is 0.610. The van der Waals surface area contributed by atoms with E-state index in [2.05, 4.69) is 31.2 Å². The second kappa shape index (κ2) is 4.70. The molecule has 0 aliphatic carbocycles. The molecule has 0 radical (unpaired) electrons. The molecule has 0 fully saturated rings. The maximum atomic E-state index is 6.97. The molecule has 0 bridgehead atoms. The molecule has 1 aromatic carbocycles. The van der Waals surface area contributed by atoms with E-state index < -0.39 is 0 Å². The molecule has 0 saturated carbocycles. The fourth-order valence-electron chi connectivity index (χ4n) is 1.30. The largest absolute Gasteiger partial charge is 0.313 e. The minimum atomic E-state index is 0.588. The van der Waals surface area contributed by atoms with Crippen LogP contribution < -0.4 is 0 Å². The molecule has 1 heteroatoms. The Morgan fingerprint density at radius 2 is 2.00 bits per heavy atom. The minimum Gasteiger partial charge on any atom is -0.313 e.